The molecule has 1 unspecified atom stereocenters. The first-order valence-electron chi connectivity index (χ1n) is 8.02. The zero-order chi connectivity index (χ0) is 17.6. The third kappa shape index (κ3) is 2.57. The van der Waals surface area contributed by atoms with Gasteiger partial charge in [-0.2, -0.15) is 0 Å². The quantitative estimate of drug-likeness (QED) is 0.783. The summed E-state index contributed by atoms with van der Waals surface area (Å²) in [4.78, 5) is 29.0. The van der Waals surface area contributed by atoms with Crippen molar-refractivity contribution in [1.82, 2.24) is 14.9 Å². The summed E-state index contributed by atoms with van der Waals surface area (Å²) in [5.41, 5.74) is 1.23. The molecule has 1 amide bonds. The Morgan fingerprint density at radius 2 is 2.20 bits per heavy atom. The summed E-state index contributed by atoms with van der Waals surface area (Å²) in [5, 5.41) is 3.05. The lowest BCUT2D eigenvalue weighted by Crippen LogP contribution is -2.35. The van der Waals surface area contributed by atoms with Gasteiger partial charge in [-0.15, -0.1) is 0 Å². The molecule has 0 aliphatic carbocycles. The van der Waals surface area contributed by atoms with Gasteiger partial charge in [-0.1, -0.05) is 18.2 Å². The Balaban J connectivity index is 1.55. The van der Waals surface area contributed by atoms with Gasteiger partial charge in [0.1, 0.15) is 29.3 Å². The summed E-state index contributed by atoms with van der Waals surface area (Å²) in [6.07, 6.45) is 1.99. The fraction of sp³-hybridized carbons (Fsp3) is 0.278. The lowest BCUT2D eigenvalue weighted by atomic mass is 10.1. The van der Waals surface area contributed by atoms with E-state index >= 15 is 0 Å². The van der Waals surface area contributed by atoms with E-state index in [1.165, 1.54) is 10.9 Å². The molecule has 1 aliphatic rings. The summed E-state index contributed by atoms with van der Waals surface area (Å²) in [6, 6.07) is 7.82. The summed E-state index contributed by atoms with van der Waals surface area (Å²) in [6.45, 7) is 2.00. The number of carbonyl (C=O) groups is 1. The summed E-state index contributed by atoms with van der Waals surface area (Å²) >= 11 is 0. The van der Waals surface area contributed by atoms with Crippen LogP contribution in [0.25, 0.3) is 11.1 Å². The van der Waals surface area contributed by atoms with Crippen LogP contribution in [0.3, 0.4) is 0 Å². The van der Waals surface area contributed by atoms with Crippen molar-refractivity contribution in [2.24, 2.45) is 7.05 Å². The molecule has 25 heavy (non-hydrogen) atoms. The molecule has 1 atom stereocenters. The first kappa shape index (κ1) is 15.4. The number of rotatable bonds is 3. The number of amides is 1. The first-order valence-corrected chi connectivity index (χ1v) is 8.02. The minimum absolute atomic E-state index is 0.124. The molecular formula is C18H17N3O4. The van der Waals surface area contributed by atoms with Crippen LogP contribution in [0.5, 0.6) is 5.75 Å². The molecule has 1 aromatic carbocycles. The second-order valence-corrected chi connectivity index (χ2v) is 6.14. The number of ether oxygens (including phenoxy) is 1. The number of para-hydroxylation sites is 1. The molecule has 7 nitrogen and oxygen atoms in total. The number of furan rings is 1. The zero-order valence-electron chi connectivity index (χ0n) is 13.9. The molecule has 0 saturated carbocycles. The maximum absolute atomic E-state index is 12.6. The van der Waals surface area contributed by atoms with Gasteiger partial charge in [0, 0.05) is 13.5 Å². The molecular weight excluding hydrogens is 322 g/mol. The SMILES string of the molecule is Cc1oc2ncn(C)c(=O)c2c1C(=O)NCC1Cc2ccccc2O1. The largest absolute Gasteiger partial charge is 0.488 e. The van der Waals surface area contributed by atoms with Gasteiger partial charge in [0.05, 0.1) is 12.1 Å². The van der Waals surface area contributed by atoms with Crippen LogP contribution in [-0.2, 0) is 13.5 Å². The van der Waals surface area contributed by atoms with Gasteiger partial charge in [0.15, 0.2) is 0 Å². The van der Waals surface area contributed by atoms with E-state index < -0.39 is 0 Å². The molecule has 0 spiro atoms. The van der Waals surface area contributed by atoms with Crippen molar-refractivity contribution < 1.29 is 13.9 Å². The highest BCUT2D eigenvalue weighted by Crippen LogP contribution is 2.28. The summed E-state index contributed by atoms with van der Waals surface area (Å²) in [7, 11) is 1.59. The van der Waals surface area contributed by atoms with Crippen LogP contribution in [-0.4, -0.2) is 28.1 Å². The maximum atomic E-state index is 12.6. The Morgan fingerprint density at radius 1 is 1.40 bits per heavy atom. The van der Waals surface area contributed by atoms with Crippen LogP contribution in [0.1, 0.15) is 21.7 Å². The molecule has 2 aromatic heterocycles. The Hall–Kier alpha value is -3.09. The highest BCUT2D eigenvalue weighted by molar-refractivity contribution is 6.06. The lowest BCUT2D eigenvalue weighted by molar-refractivity contribution is 0.0933. The Morgan fingerprint density at radius 3 is 3.00 bits per heavy atom. The van der Waals surface area contributed by atoms with Crippen LogP contribution < -0.4 is 15.6 Å². The number of aromatic nitrogens is 2. The number of hydrogen-bond donors (Lipinski definition) is 1. The van der Waals surface area contributed by atoms with Crippen molar-refractivity contribution in [3.63, 3.8) is 0 Å². The Kier molecular flexibility index (Phi) is 3.56. The van der Waals surface area contributed by atoms with E-state index in [4.69, 9.17) is 9.15 Å². The standard InChI is InChI=1S/C18H17N3O4/c1-10-14(15-17(24-10)20-9-21(2)18(15)23)16(22)19-8-12-7-11-5-3-4-6-13(11)25-12/h3-6,9,12H,7-8H2,1-2H3,(H,19,22). The highest BCUT2D eigenvalue weighted by atomic mass is 16.5. The number of hydrogen-bond acceptors (Lipinski definition) is 5. The zero-order valence-corrected chi connectivity index (χ0v) is 13.9. The minimum atomic E-state index is -0.360. The van der Waals surface area contributed by atoms with Crippen molar-refractivity contribution in [3.05, 3.63) is 57.8 Å². The molecule has 0 bridgehead atoms. The number of aryl methyl sites for hydroxylation is 2. The van der Waals surface area contributed by atoms with Crippen LogP contribution >= 0.6 is 0 Å². The van der Waals surface area contributed by atoms with E-state index in [-0.39, 0.29) is 34.2 Å². The van der Waals surface area contributed by atoms with Crippen molar-refractivity contribution in [3.8, 4) is 5.75 Å². The number of nitrogens with zero attached hydrogens (tertiary/aromatic N) is 2. The van der Waals surface area contributed by atoms with Crippen LogP contribution in [0, 0.1) is 6.92 Å². The topological polar surface area (TPSA) is 86.4 Å². The van der Waals surface area contributed by atoms with Gasteiger partial charge >= 0.3 is 0 Å². The number of nitrogens with one attached hydrogen (secondary N) is 1. The molecule has 0 saturated heterocycles. The normalized spacial score (nSPS) is 15.8. The minimum Gasteiger partial charge on any atom is -0.488 e. The monoisotopic (exact) mass is 339 g/mol. The van der Waals surface area contributed by atoms with Crippen molar-refractivity contribution in [2.45, 2.75) is 19.4 Å². The van der Waals surface area contributed by atoms with Gasteiger partial charge < -0.3 is 19.0 Å². The Bertz CT molecular complexity index is 1010. The van der Waals surface area contributed by atoms with E-state index in [9.17, 15) is 9.59 Å². The van der Waals surface area contributed by atoms with Crippen molar-refractivity contribution in [1.29, 1.82) is 0 Å². The average molecular weight is 339 g/mol. The third-order valence-electron chi connectivity index (χ3n) is 4.38. The average Bonchev–Trinajstić information content (AvgIpc) is 3.16. The van der Waals surface area contributed by atoms with E-state index in [1.807, 2.05) is 24.3 Å². The van der Waals surface area contributed by atoms with Crippen LogP contribution in [0.4, 0.5) is 0 Å². The highest BCUT2D eigenvalue weighted by Gasteiger charge is 2.26. The number of benzene rings is 1. The Labute approximate surface area is 143 Å². The molecule has 4 rings (SSSR count). The van der Waals surface area contributed by atoms with Gasteiger partial charge in [0.2, 0.25) is 5.71 Å². The second kappa shape index (κ2) is 5.77. The molecule has 3 heterocycles. The fourth-order valence-corrected chi connectivity index (χ4v) is 3.12. The molecule has 0 fully saturated rings. The van der Waals surface area contributed by atoms with Gasteiger partial charge in [-0.25, -0.2) is 4.98 Å². The predicted octanol–water partition coefficient (Wildman–Crippen LogP) is 1.57. The summed E-state index contributed by atoms with van der Waals surface area (Å²) in [5.74, 6) is 0.865. The van der Waals surface area contributed by atoms with E-state index in [1.54, 1.807) is 14.0 Å². The maximum Gasteiger partial charge on any atom is 0.265 e. The first-order chi connectivity index (χ1) is 12.0. The smallest absolute Gasteiger partial charge is 0.265 e. The predicted molar refractivity (Wildman–Crippen MR) is 90.9 cm³/mol. The molecule has 128 valence electrons. The second-order valence-electron chi connectivity index (χ2n) is 6.14. The molecule has 0 radical (unpaired) electrons. The number of fused-ring (bicyclic) bond motifs is 2. The van der Waals surface area contributed by atoms with Crippen LogP contribution in [0.2, 0.25) is 0 Å². The van der Waals surface area contributed by atoms with E-state index in [0.29, 0.717) is 12.3 Å². The molecule has 1 aliphatic heterocycles. The molecule has 7 heteroatoms. The molecule has 3 aromatic rings. The van der Waals surface area contributed by atoms with Crippen molar-refractivity contribution in [2.75, 3.05) is 6.54 Å². The van der Waals surface area contributed by atoms with Crippen molar-refractivity contribution >= 4 is 17.0 Å². The molecule has 1 N–H and O–H groups in total. The van der Waals surface area contributed by atoms with Gasteiger partial charge in [-0.05, 0) is 18.6 Å². The van der Waals surface area contributed by atoms with E-state index in [2.05, 4.69) is 10.3 Å². The number of carbonyl (C=O) groups excluding carboxylic acids is 1. The van der Waals surface area contributed by atoms with Gasteiger partial charge in [0.25, 0.3) is 11.5 Å². The fourth-order valence-electron chi connectivity index (χ4n) is 3.12. The van der Waals surface area contributed by atoms with Crippen LogP contribution in [0.15, 0.2) is 39.8 Å². The third-order valence-corrected chi connectivity index (χ3v) is 4.38. The lowest BCUT2D eigenvalue weighted by Gasteiger charge is -2.11. The van der Waals surface area contributed by atoms with Gasteiger partial charge in [-0.3, -0.25) is 9.59 Å². The van der Waals surface area contributed by atoms with E-state index in [0.717, 1.165) is 17.7 Å². The summed E-state index contributed by atoms with van der Waals surface area (Å²) < 4.78 is 12.6.